The third-order valence-electron chi connectivity index (χ3n) is 4.07. The third kappa shape index (κ3) is 3.38. The Labute approximate surface area is 121 Å². The van der Waals surface area contributed by atoms with Crippen molar-refractivity contribution < 1.29 is 0 Å². The fourth-order valence-corrected chi connectivity index (χ4v) is 3.21. The van der Waals surface area contributed by atoms with Gasteiger partial charge in [0.2, 0.25) is 5.95 Å². The van der Waals surface area contributed by atoms with Gasteiger partial charge in [-0.2, -0.15) is 0 Å². The van der Waals surface area contributed by atoms with E-state index >= 15 is 0 Å². The minimum absolute atomic E-state index is 0.547. The van der Waals surface area contributed by atoms with Gasteiger partial charge in [0.1, 0.15) is 0 Å². The number of nitrogens with zero attached hydrogens (tertiary/aromatic N) is 3. The van der Waals surface area contributed by atoms with Gasteiger partial charge in [0.15, 0.2) is 4.77 Å². The summed E-state index contributed by atoms with van der Waals surface area (Å²) in [4.78, 5) is 2.35. The molecular weight excluding hydrogens is 256 g/mol. The van der Waals surface area contributed by atoms with Crippen molar-refractivity contribution in [3.8, 4) is 0 Å². The highest BCUT2D eigenvalue weighted by Crippen LogP contribution is 2.31. The number of unbranched alkanes of at least 4 members (excludes halogenated alkanes) is 1. The molecule has 5 heteroatoms. The van der Waals surface area contributed by atoms with Gasteiger partial charge in [0.05, 0.1) is 0 Å². The van der Waals surface area contributed by atoms with E-state index in [4.69, 9.17) is 12.2 Å². The second kappa shape index (κ2) is 7.08. The molecule has 0 bridgehead atoms. The van der Waals surface area contributed by atoms with Crippen LogP contribution < -0.4 is 4.90 Å². The first-order valence-electron chi connectivity index (χ1n) is 7.69. The van der Waals surface area contributed by atoms with Crippen LogP contribution in [-0.2, 0) is 0 Å². The summed E-state index contributed by atoms with van der Waals surface area (Å²) in [5.74, 6) is 1.05. The summed E-state index contributed by atoms with van der Waals surface area (Å²) in [6.07, 6.45) is 8.90. The second-order valence-electron chi connectivity index (χ2n) is 5.42. The Bertz CT molecular complexity index is 431. The van der Waals surface area contributed by atoms with Gasteiger partial charge in [0.25, 0.3) is 0 Å². The molecule has 1 aromatic rings. The number of hydrogen-bond acceptors (Lipinski definition) is 3. The first kappa shape index (κ1) is 14.6. The lowest BCUT2D eigenvalue weighted by Gasteiger charge is -2.28. The van der Waals surface area contributed by atoms with E-state index in [2.05, 4.69) is 33.5 Å². The molecule has 0 aliphatic heterocycles. The quantitative estimate of drug-likeness (QED) is 0.799. The molecule has 1 aromatic heterocycles. The zero-order chi connectivity index (χ0) is 13.7. The van der Waals surface area contributed by atoms with Crippen LogP contribution in [0.4, 0.5) is 5.95 Å². The van der Waals surface area contributed by atoms with Gasteiger partial charge < -0.3 is 4.90 Å². The van der Waals surface area contributed by atoms with Crippen molar-refractivity contribution in [1.29, 1.82) is 0 Å². The second-order valence-corrected chi connectivity index (χ2v) is 5.81. The van der Waals surface area contributed by atoms with Gasteiger partial charge in [-0.05, 0) is 38.4 Å². The van der Waals surface area contributed by atoms with E-state index in [9.17, 15) is 0 Å². The smallest absolute Gasteiger partial charge is 0.225 e. The number of aromatic amines is 1. The molecule has 0 saturated heterocycles. The molecule has 1 aliphatic carbocycles. The van der Waals surface area contributed by atoms with Crippen LogP contribution in [0.25, 0.3) is 0 Å². The molecule has 1 heterocycles. The first-order chi connectivity index (χ1) is 9.27. The van der Waals surface area contributed by atoms with E-state index in [0.717, 1.165) is 23.8 Å². The van der Waals surface area contributed by atoms with Crippen molar-refractivity contribution in [3.05, 3.63) is 4.77 Å². The maximum absolute atomic E-state index is 5.45. The molecule has 1 saturated carbocycles. The zero-order valence-corrected chi connectivity index (χ0v) is 13.0. The Morgan fingerprint density at radius 2 is 2.05 bits per heavy atom. The van der Waals surface area contributed by atoms with Crippen molar-refractivity contribution in [2.45, 2.75) is 64.8 Å². The van der Waals surface area contributed by atoms with E-state index in [1.165, 1.54) is 44.9 Å². The Hall–Kier alpha value is -0.840. The SMILES string of the molecule is CCCCN(CC)c1n[nH]c(=S)n1C1CCCCC1. The summed E-state index contributed by atoms with van der Waals surface area (Å²) < 4.78 is 3.06. The molecule has 19 heavy (non-hydrogen) atoms. The molecule has 0 radical (unpaired) electrons. The maximum atomic E-state index is 5.45. The average Bonchev–Trinajstić information content (AvgIpc) is 2.83. The van der Waals surface area contributed by atoms with Crippen molar-refractivity contribution >= 4 is 18.2 Å². The van der Waals surface area contributed by atoms with Gasteiger partial charge in [-0.3, -0.25) is 4.57 Å². The molecule has 2 rings (SSSR count). The van der Waals surface area contributed by atoms with Crippen molar-refractivity contribution in [2.75, 3.05) is 18.0 Å². The van der Waals surface area contributed by atoms with Crippen molar-refractivity contribution in [2.24, 2.45) is 0 Å². The molecule has 1 aliphatic rings. The molecule has 0 unspecified atom stereocenters. The predicted molar refractivity (Wildman–Crippen MR) is 82.3 cm³/mol. The summed E-state index contributed by atoms with van der Waals surface area (Å²) in [5.41, 5.74) is 0. The lowest BCUT2D eigenvalue weighted by Crippen LogP contribution is -2.29. The summed E-state index contributed by atoms with van der Waals surface area (Å²) in [7, 11) is 0. The Morgan fingerprint density at radius 3 is 2.68 bits per heavy atom. The zero-order valence-electron chi connectivity index (χ0n) is 12.2. The number of nitrogens with one attached hydrogen (secondary N) is 1. The van der Waals surface area contributed by atoms with E-state index in [0.29, 0.717) is 6.04 Å². The minimum Gasteiger partial charge on any atom is -0.341 e. The molecular formula is C14H26N4S. The van der Waals surface area contributed by atoms with Gasteiger partial charge in [0, 0.05) is 19.1 Å². The maximum Gasteiger partial charge on any atom is 0.225 e. The molecule has 1 N–H and O–H groups in total. The first-order valence-corrected chi connectivity index (χ1v) is 8.10. The number of H-pyrrole nitrogens is 1. The van der Waals surface area contributed by atoms with Crippen LogP contribution in [0.1, 0.15) is 64.8 Å². The van der Waals surface area contributed by atoms with Crippen LogP contribution >= 0.6 is 12.2 Å². The van der Waals surface area contributed by atoms with Crippen LogP contribution in [0.5, 0.6) is 0 Å². The molecule has 0 amide bonds. The van der Waals surface area contributed by atoms with Crippen molar-refractivity contribution in [3.63, 3.8) is 0 Å². The van der Waals surface area contributed by atoms with E-state index in [1.807, 2.05) is 0 Å². The van der Waals surface area contributed by atoms with E-state index in [-0.39, 0.29) is 0 Å². The molecule has 0 aromatic carbocycles. The Kier molecular flexibility index (Phi) is 5.43. The lowest BCUT2D eigenvalue weighted by atomic mass is 9.95. The van der Waals surface area contributed by atoms with Crippen LogP contribution in [0, 0.1) is 4.77 Å². The predicted octanol–water partition coefficient (Wildman–Crippen LogP) is 4.07. The number of hydrogen-bond donors (Lipinski definition) is 1. The fourth-order valence-electron chi connectivity index (χ4n) is 2.94. The van der Waals surface area contributed by atoms with Crippen molar-refractivity contribution in [1.82, 2.24) is 14.8 Å². The number of rotatable bonds is 6. The standard InChI is InChI=1S/C14H26N4S/c1-3-5-11-17(4-2)13-15-16-14(19)18(13)12-9-7-6-8-10-12/h12H,3-11H2,1-2H3,(H,16,19). The van der Waals surface area contributed by atoms with Crippen LogP contribution in [-0.4, -0.2) is 27.9 Å². The normalized spacial score (nSPS) is 16.7. The molecule has 1 fully saturated rings. The number of aromatic nitrogens is 3. The highest BCUT2D eigenvalue weighted by Gasteiger charge is 2.22. The average molecular weight is 282 g/mol. The molecule has 0 atom stereocenters. The summed E-state index contributed by atoms with van der Waals surface area (Å²) in [6, 6.07) is 0.547. The molecule has 108 valence electrons. The Balaban J connectivity index is 2.22. The number of anilines is 1. The highest BCUT2D eigenvalue weighted by molar-refractivity contribution is 7.71. The van der Waals surface area contributed by atoms with E-state index < -0.39 is 0 Å². The van der Waals surface area contributed by atoms with Crippen LogP contribution in [0.15, 0.2) is 0 Å². The van der Waals surface area contributed by atoms with Crippen LogP contribution in [0.2, 0.25) is 0 Å². The largest absolute Gasteiger partial charge is 0.341 e. The van der Waals surface area contributed by atoms with Crippen LogP contribution in [0.3, 0.4) is 0 Å². The van der Waals surface area contributed by atoms with Gasteiger partial charge >= 0.3 is 0 Å². The lowest BCUT2D eigenvalue weighted by molar-refractivity contribution is 0.350. The summed E-state index contributed by atoms with van der Waals surface area (Å²) in [5, 5.41) is 7.49. The third-order valence-corrected chi connectivity index (χ3v) is 4.36. The topological polar surface area (TPSA) is 36.9 Å². The van der Waals surface area contributed by atoms with E-state index in [1.54, 1.807) is 0 Å². The Morgan fingerprint density at radius 1 is 1.32 bits per heavy atom. The van der Waals surface area contributed by atoms with Gasteiger partial charge in [-0.1, -0.05) is 32.6 Å². The fraction of sp³-hybridized carbons (Fsp3) is 0.857. The minimum atomic E-state index is 0.547. The summed E-state index contributed by atoms with van der Waals surface area (Å²) in [6.45, 7) is 6.48. The monoisotopic (exact) mass is 282 g/mol. The highest BCUT2D eigenvalue weighted by atomic mass is 32.1. The summed E-state index contributed by atoms with van der Waals surface area (Å²) >= 11 is 5.45. The molecule has 4 nitrogen and oxygen atoms in total. The van der Waals surface area contributed by atoms with Gasteiger partial charge in [-0.15, -0.1) is 5.10 Å². The van der Waals surface area contributed by atoms with Gasteiger partial charge in [-0.25, -0.2) is 5.10 Å². The molecule has 0 spiro atoms.